The number of allylic oxidation sites excluding steroid dienone is 4. The fraction of sp³-hybridized carbons (Fsp3) is 0.364. The number of hydrogen-bond acceptors (Lipinski definition) is 3. The van der Waals surface area contributed by atoms with Crippen molar-refractivity contribution < 1.29 is 31.0 Å². The van der Waals surface area contributed by atoms with Gasteiger partial charge in [-0.15, -0.1) is 0 Å². The summed E-state index contributed by atoms with van der Waals surface area (Å²) in [5.74, 6) is -0.105. The molecule has 1 aliphatic carbocycles. The molecule has 0 spiro atoms. The number of ketones is 1. The molecule has 0 saturated carbocycles. The number of aliphatic hydroxyl groups is 1. The fourth-order valence-electron chi connectivity index (χ4n) is 1.82. The second kappa shape index (κ2) is 4.91. The van der Waals surface area contributed by atoms with Crippen LogP contribution in [0.3, 0.4) is 0 Å². The van der Waals surface area contributed by atoms with Gasteiger partial charge in [-0.25, -0.2) is 18.2 Å². The van der Waals surface area contributed by atoms with E-state index in [1.165, 1.54) is 0 Å². The van der Waals surface area contributed by atoms with E-state index in [4.69, 9.17) is 5.11 Å². The second-order valence-corrected chi connectivity index (χ2v) is 3.46. The molecule has 0 aromatic carbocycles. The van der Waals surface area contributed by atoms with Crippen LogP contribution in [-0.4, -0.2) is 17.5 Å². The Labute approximate surface area is 103 Å². The molecule has 1 atom stereocenters. The van der Waals surface area contributed by atoms with Gasteiger partial charge in [0.25, 0.3) is 0 Å². The van der Waals surface area contributed by atoms with E-state index in [1.54, 1.807) is 6.08 Å². The van der Waals surface area contributed by atoms with E-state index < -0.39 is 0 Å². The Balaban J connectivity index is 0.00000112. The quantitative estimate of drug-likeness (QED) is 0.700. The molecular weight excluding hydrogens is 362 g/mol. The Kier molecular flexibility index (Phi) is 4.06. The number of carbonyl (C=O) groups is 1. The van der Waals surface area contributed by atoms with Crippen molar-refractivity contribution in [3.05, 3.63) is 35.2 Å². The molecule has 3 nitrogen and oxygen atoms in total. The summed E-state index contributed by atoms with van der Waals surface area (Å²) < 4.78 is 0. The van der Waals surface area contributed by atoms with E-state index in [2.05, 4.69) is 11.4 Å². The molecule has 2 rings (SSSR count). The van der Waals surface area contributed by atoms with Crippen LogP contribution in [0.5, 0.6) is 0 Å². The van der Waals surface area contributed by atoms with Crippen molar-refractivity contribution in [2.24, 2.45) is 5.92 Å². The summed E-state index contributed by atoms with van der Waals surface area (Å²) >= 11 is 0. The first-order valence-corrected chi connectivity index (χ1v) is 4.66. The summed E-state index contributed by atoms with van der Waals surface area (Å²) in [5.41, 5.74) is 2.37. The maximum absolute atomic E-state index is 11.9. The summed E-state index contributed by atoms with van der Waals surface area (Å²) in [6.07, 6.45) is 7.01. The summed E-state index contributed by atoms with van der Waals surface area (Å²) in [6, 6.07) is 0. The first-order chi connectivity index (χ1) is 6.74. The zero-order valence-electron chi connectivity index (χ0n) is 8.41. The number of nitrogens with one attached hydrogen (secondary N) is 1. The second-order valence-electron chi connectivity index (χ2n) is 3.46. The molecule has 0 aromatic rings. The number of carbonyl (C=O) groups excluding carboxylic acids is 1. The first kappa shape index (κ1) is 12.4. The largest absolute Gasteiger partial charge is 2.00 e. The van der Waals surface area contributed by atoms with Crippen LogP contribution in [-0.2, 0) is 25.9 Å². The Bertz CT molecular complexity index is 369. The molecule has 15 heavy (non-hydrogen) atoms. The third-order valence-electron chi connectivity index (χ3n) is 2.56. The van der Waals surface area contributed by atoms with Crippen molar-refractivity contribution in [1.82, 2.24) is 5.32 Å². The summed E-state index contributed by atoms with van der Waals surface area (Å²) in [6.45, 7) is 1.87. The van der Waals surface area contributed by atoms with Crippen LogP contribution in [0.4, 0.5) is 0 Å². The number of rotatable bonds is 2. The van der Waals surface area contributed by atoms with Crippen LogP contribution in [0.25, 0.3) is 0 Å². The number of aliphatic hydroxyl groups excluding tert-OH is 1. The maximum Gasteiger partial charge on any atom is 2.00 e. The standard InChI is InChI=1S/C11H12NO2.W/c1-7-8(5-6-13)11(14)9-3-2-4-10(9)12-7;/h2-3,9,12-13H,5-6H2,1H3;/q-1;+2. The molecule has 78 valence electrons. The van der Waals surface area contributed by atoms with Gasteiger partial charge in [-0.2, -0.15) is 0 Å². The molecule has 1 heterocycles. The third-order valence-corrected chi connectivity index (χ3v) is 2.56. The monoisotopic (exact) mass is 374 g/mol. The summed E-state index contributed by atoms with van der Waals surface area (Å²) in [4.78, 5) is 11.9. The molecule has 0 radical (unpaired) electrons. The Morgan fingerprint density at radius 3 is 3.00 bits per heavy atom. The minimum Gasteiger partial charge on any atom is -0.396 e. The molecule has 0 aromatic heterocycles. The van der Waals surface area contributed by atoms with Crippen molar-refractivity contribution in [3.8, 4) is 0 Å². The maximum atomic E-state index is 11.9. The van der Waals surface area contributed by atoms with Crippen molar-refractivity contribution in [1.29, 1.82) is 0 Å². The molecule has 0 saturated heterocycles. The van der Waals surface area contributed by atoms with Gasteiger partial charge in [0.05, 0.1) is 0 Å². The van der Waals surface area contributed by atoms with Crippen molar-refractivity contribution in [2.45, 2.75) is 13.3 Å². The van der Waals surface area contributed by atoms with Gasteiger partial charge in [0, 0.05) is 24.3 Å². The third kappa shape index (κ3) is 2.14. The van der Waals surface area contributed by atoms with E-state index >= 15 is 0 Å². The predicted octanol–water partition coefficient (Wildman–Crippen LogP) is 0.686. The molecule has 2 aliphatic rings. The summed E-state index contributed by atoms with van der Waals surface area (Å²) in [5, 5.41) is 12.0. The molecular formula is C11H12NO2W+. The number of fused-ring (bicyclic) bond motifs is 1. The van der Waals surface area contributed by atoms with Gasteiger partial charge in [-0.05, 0) is 12.8 Å². The van der Waals surface area contributed by atoms with Gasteiger partial charge in [-0.1, -0.05) is 5.70 Å². The Morgan fingerprint density at radius 2 is 2.33 bits per heavy atom. The number of hydrogen-bond donors (Lipinski definition) is 2. The minimum absolute atomic E-state index is 0. The van der Waals surface area contributed by atoms with Gasteiger partial charge in [0.1, 0.15) is 0 Å². The average Bonchev–Trinajstić information content (AvgIpc) is 2.60. The van der Waals surface area contributed by atoms with Crippen LogP contribution in [0, 0.1) is 12.0 Å². The van der Waals surface area contributed by atoms with Crippen molar-refractivity contribution in [3.63, 3.8) is 0 Å². The van der Waals surface area contributed by atoms with Gasteiger partial charge < -0.3 is 10.4 Å². The smallest absolute Gasteiger partial charge is 0.396 e. The molecule has 2 N–H and O–H groups in total. The number of Topliss-reactive ketones (excluding diaryl/α,β-unsaturated/α-hetero) is 1. The fourth-order valence-corrected chi connectivity index (χ4v) is 1.82. The summed E-state index contributed by atoms with van der Waals surface area (Å²) in [7, 11) is 0. The van der Waals surface area contributed by atoms with Gasteiger partial charge in [-0.3, -0.25) is 4.79 Å². The van der Waals surface area contributed by atoms with E-state index in [9.17, 15) is 4.79 Å². The Morgan fingerprint density at radius 1 is 1.60 bits per heavy atom. The zero-order chi connectivity index (χ0) is 10.1. The van der Waals surface area contributed by atoms with E-state index in [0.29, 0.717) is 12.0 Å². The first-order valence-electron chi connectivity index (χ1n) is 4.66. The topological polar surface area (TPSA) is 49.3 Å². The van der Waals surface area contributed by atoms with E-state index in [1.807, 2.05) is 13.0 Å². The van der Waals surface area contributed by atoms with Crippen molar-refractivity contribution in [2.75, 3.05) is 6.61 Å². The van der Waals surface area contributed by atoms with E-state index in [-0.39, 0.29) is 39.4 Å². The van der Waals surface area contributed by atoms with Crippen LogP contribution < -0.4 is 5.32 Å². The molecule has 0 bridgehead atoms. The zero-order valence-corrected chi connectivity index (χ0v) is 11.3. The van der Waals surface area contributed by atoms with Crippen LogP contribution in [0.2, 0.25) is 0 Å². The SMILES string of the molecule is CC1=C(CCO)C(=O)C2C=C[C-]=C2N1.[W+2]. The molecule has 0 fully saturated rings. The van der Waals surface area contributed by atoms with Crippen LogP contribution in [0.1, 0.15) is 13.3 Å². The predicted molar refractivity (Wildman–Crippen MR) is 51.9 cm³/mol. The normalized spacial score (nSPS) is 23.2. The van der Waals surface area contributed by atoms with E-state index in [0.717, 1.165) is 11.4 Å². The molecule has 0 amide bonds. The minimum atomic E-state index is -0.194. The Hall–Kier alpha value is -0.662. The molecule has 4 heteroatoms. The molecule has 1 aliphatic heterocycles. The molecule has 1 unspecified atom stereocenters. The van der Waals surface area contributed by atoms with Crippen LogP contribution in [0.15, 0.2) is 29.1 Å². The van der Waals surface area contributed by atoms with Gasteiger partial charge in [0.15, 0.2) is 5.78 Å². The van der Waals surface area contributed by atoms with Gasteiger partial charge in [0.2, 0.25) is 0 Å². The van der Waals surface area contributed by atoms with Crippen molar-refractivity contribution >= 4 is 5.78 Å². The average molecular weight is 374 g/mol. The van der Waals surface area contributed by atoms with Crippen LogP contribution >= 0.6 is 0 Å². The van der Waals surface area contributed by atoms with Gasteiger partial charge >= 0.3 is 21.1 Å².